The van der Waals surface area contributed by atoms with Crippen LogP contribution < -0.4 is 0 Å². The van der Waals surface area contributed by atoms with Crippen molar-refractivity contribution < 1.29 is 14.2 Å². The summed E-state index contributed by atoms with van der Waals surface area (Å²) >= 11 is 0. The third-order valence-corrected chi connectivity index (χ3v) is 12.3. The number of carbonyl (C=O) groups is 2. The van der Waals surface area contributed by atoms with E-state index < -0.39 is 7.14 Å². The van der Waals surface area contributed by atoms with E-state index in [9.17, 15) is 14.2 Å². The number of hydrogen-bond donors (Lipinski definition) is 0. The summed E-state index contributed by atoms with van der Waals surface area (Å²) in [5, 5.41) is 0. The Morgan fingerprint density at radius 2 is 0.933 bits per heavy atom. The van der Waals surface area contributed by atoms with Crippen LogP contribution in [0.25, 0.3) is 0 Å². The summed E-state index contributed by atoms with van der Waals surface area (Å²) in [6.45, 7) is 13.1. The molecule has 172 valence electrons. The van der Waals surface area contributed by atoms with Gasteiger partial charge >= 0.3 is 0 Å². The highest BCUT2D eigenvalue weighted by Gasteiger charge is 2.55. The summed E-state index contributed by atoms with van der Waals surface area (Å²) in [7, 11) is -3.58. The molecule has 0 heterocycles. The van der Waals surface area contributed by atoms with Crippen LogP contribution in [0.2, 0.25) is 0 Å². The quantitative estimate of drug-likeness (QED) is 0.423. The van der Waals surface area contributed by atoms with Gasteiger partial charge in [0.1, 0.15) is 0 Å². The van der Waals surface area contributed by atoms with E-state index in [2.05, 4.69) is 41.5 Å². The normalized spacial score (nSPS) is 43.0. The molecule has 4 heteroatoms. The molecule has 4 unspecified atom stereocenters. The predicted octanol–water partition coefficient (Wildman–Crippen LogP) is 7.37. The van der Waals surface area contributed by atoms with Crippen molar-refractivity contribution in [2.45, 2.75) is 105 Å². The zero-order valence-corrected chi connectivity index (χ0v) is 21.1. The predicted molar refractivity (Wildman–Crippen MR) is 125 cm³/mol. The second-order valence-electron chi connectivity index (χ2n) is 11.7. The van der Waals surface area contributed by atoms with Gasteiger partial charge in [-0.2, -0.15) is 0 Å². The van der Waals surface area contributed by atoms with E-state index in [-0.39, 0.29) is 52.2 Å². The van der Waals surface area contributed by atoms with Gasteiger partial charge in [-0.15, -0.1) is 0 Å². The Kier molecular flexibility index (Phi) is 7.75. The van der Waals surface area contributed by atoms with E-state index in [0.29, 0.717) is 11.8 Å². The van der Waals surface area contributed by atoms with Gasteiger partial charge in [-0.05, 0) is 74.0 Å². The third kappa shape index (κ3) is 4.53. The summed E-state index contributed by atoms with van der Waals surface area (Å²) in [6, 6.07) is 0. The number of rotatable bonds is 5. The monoisotopic (exact) mass is 436 g/mol. The molecule has 0 radical (unpaired) electrons. The van der Waals surface area contributed by atoms with Crippen LogP contribution in [0.5, 0.6) is 0 Å². The molecular formula is C26H45O3P. The first kappa shape index (κ1) is 24.2. The van der Waals surface area contributed by atoms with Crippen molar-refractivity contribution in [1.82, 2.24) is 0 Å². The average molecular weight is 437 g/mol. The van der Waals surface area contributed by atoms with Crippen LogP contribution in [0, 0.1) is 47.3 Å². The van der Waals surface area contributed by atoms with Gasteiger partial charge in [-0.25, -0.2) is 0 Å². The molecule has 3 fully saturated rings. The molecule has 3 saturated carbocycles. The van der Waals surface area contributed by atoms with Crippen LogP contribution >= 0.6 is 7.14 Å². The van der Waals surface area contributed by atoms with E-state index in [1.54, 1.807) is 0 Å². The molecule has 0 saturated heterocycles. The molecule has 0 spiro atoms. The Bertz CT molecular complexity index is 610. The fourth-order valence-electron chi connectivity index (χ4n) is 7.77. The van der Waals surface area contributed by atoms with Crippen molar-refractivity contribution in [3.05, 3.63) is 0 Å². The van der Waals surface area contributed by atoms with Crippen molar-refractivity contribution >= 4 is 18.2 Å². The van der Waals surface area contributed by atoms with Gasteiger partial charge in [0.05, 0.1) is 0 Å². The molecule has 30 heavy (non-hydrogen) atoms. The van der Waals surface area contributed by atoms with Gasteiger partial charge < -0.3 is 4.57 Å². The van der Waals surface area contributed by atoms with Crippen molar-refractivity contribution in [1.29, 1.82) is 0 Å². The zero-order chi connectivity index (χ0) is 22.2. The first-order valence-corrected chi connectivity index (χ1v) is 14.5. The Hall–Kier alpha value is -0.430. The Morgan fingerprint density at radius 3 is 1.27 bits per heavy atom. The second kappa shape index (κ2) is 9.60. The van der Waals surface area contributed by atoms with E-state index in [4.69, 9.17) is 0 Å². The maximum absolute atomic E-state index is 14.8. The van der Waals surface area contributed by atoms with Crippen molar-refractivity contribution in [2.75, 3.05) is 0 Å². The van der Waals surface area contributed by atoms with E-state index in [1.807, 2.05) is 0 Å². The van der Waals surface area contributed by atoms with E-state index in [0.717, 1.165) is 57.8 Å². The smallest absolute Gasteiger partial charge is 0.214 e. The molecule has 0 aliphatic heterocycles. The molecule has 0 N–H and O–H groups in total. The van der Waals surface area contributed by atoms with E-state index >= 15 is 0 Å². The minimum atomic E-state index is -3.58. The van der Waals surface area contributed by atoms with Gasteiger partial charge in [0.15, 0.2) is 0 Å². The van der Waals surface area contributed by atoms with Crippen LogP contribution in [-0.2, 0) is 14.2 Å². The zero-order valence-electron chi connectivity index (χ0n) is 20.2. The summed E-state index contributed by atoms with van der Waals surface area (Å²) < 4.78 is 14.8. The standard InChI is InChI=1S/C26H45O3P/c1-16-12-18(3)23(19(4)13-16)25(27)30(29,22-10-8-7-9-11-22)26(28)24-20(5)14-17(2)15-21(24)6/h16-24H,7-15H2,1-6H3. The molecule has 3 aliphatic rings. The van der Waals surface area contributed by atoms with Crippen molar-refractivity contribution in [2.24, 2.45) is 47.3 Å². The lowest BCUT2D eigenvalue weighted by Crippen LogP contribution is -2.42. The lowest BCUT2D eigenvalue weighted by Gasteiger charge is -2.43. The maximum Gasteiger partial charge on any atom is 0.214 e. The Balaban J connectivity index is 1.98. The van der Waals surface area contributed by atoms with Gasteiger partial charge in [0, 0.05) is 17.5 Å². The molecule has 3 aliphatic carbocycles. The molecular weight excluding hydrogens is 391 g/mol. The maximum atomic E-state index is 14.8. The second-order valence-corrected chi connectivity index (χ2v) is 14.7. The molecule has 0 aromatic heterocycles. The van der Waals surface area contributed by atoms with Crippen LogP contribution in [0.1, 0.15) is 99.3 Å². The largest absolute Gasteiger partial charge is 0.307 e. The van der Waals surface area contributed by atoms with E-state index in [1.165, 1.54) is 0 Å². The molecule has 0 amide bonds. The lowest BCUT2D eigenvalue weighted by molar-refractivity contribution is -0.123. The lowest BCUT2D eigenvalue weighted by atomic mass is 9.70. The highest BCUT2D eigenvalue weighted by Crippen LogP contribution is 2.64. The van der Waals surface area contributed by atoms with Crippen LogP contribution in [0.3, 0.4) is 0 Å². The number of carbonyl (C=O) groups excluding carboxylic acids is 2. The summed E-state index contributed by atoms with van der Waals surface area (Å²) in [4.78, 5) is 28.2. The van der Waals surface area contributed by atoms with Gasteiger partial charge in [0.2, 0.25) is 18.2 Å². The summed E-state index contributed by atoms with van der Waals surface area (Å²) in [6.07, 6.45) is 8.78. The Morgan fingerprint density at radius 1 is 0.600 bits per heavy atom. The third-order valence-electron chi connectivity index (χ3n) is 8.86. The Labute approximate surface area is 184 Å². The van der Waals surface area contributed by atoms with Crippen molar-refractivity contribution in [3.8, 4) is 0 Å². The summed E-state index contributed by atoms with van der Waals surface area (Å²) in [5.74, 6) is 1.69. The molecule has 3 rings (SSSR count). The fourth-order valence-corrected chi connectivity index (χ4v) is 11.7. The molecule has 4 atom stereocenters. The minimum absolute atomic E-state index is 0.121. The first-order valence-electron chi connectivity index (χ1n) is 12.8. The number of hydrogen-bond acceptors (Lipinski definition) is 3. The van der Waals surface area contributed by atoms with Crippen LogP contribution in [0.4, 0.5) is 0 Å². The fraction of sp³-hybridized carbons (Fsp3) is 0.923. The molecule has 0 aromatic rings. The summed E-state index contributed by atoms with van der Waals surface area (Å²) in [5.41, 5.74) is -0.433. The molecule has 3 nitrogen and oxygen atoms in total. The van der Waals surface area contributed by atoms with Gasteiger partial charge in [0.25, 0.3) is 0 Å². The SMILES string of the molecule is CC1CC(C)C(C(=O)P(=O)(C(=O)C2C(C)CC(C)CC2C)C2CCCCC2)C(C)C1. The molecule has 0 aromatic carbocycles. The minimum Gasteiger partial charge on any atom is -0.307 e. The molecule has 0 bridgehead atoms. The average Bonchev–Trinajstić information content (AvgIpc) is 2.66. The highest BCUT2D eigenvalue weighted by molar-refractivity contribution is 7.94. The van der Waals surface area contributed by atoms with Crippen LogP contribution in [-0.4, -0.2) is 16.7 Å². The van der Waals surface area contributed by atoms with Crippen LogP contribution in [0.15, 0.2) is 0 Å². The first-order chi connectivity index (χ1) is 14.1. The van der Waals surface area contributed by atoms with Gasteiger partial charge in [-0.1, -0.05) is 60.8 Å². The van der Waals surface area contributed by atoms with Gasteiger partial charge in [-0.3, -0.25) is 9.59 Å². The topological polar surface area (TPSA) is 51.2 Å². The van der Waals surface area contributed by atoms with Crippen molar-refractivity contribution in [3.63, 3.8) is 0 Å². The highest BCUT2D eigenvalue weighted by atomic mass is 31.2.